The van der Waals surface area contributed by atoms with Crippen molar-refractivity contribution in [3.8, 4) is 17.0 Å². The number of benzene rings is 2. The molecule has 4 rings (SSSR count). The van der Waals surface area contributed by atoms with E-state index in [1.54, 1.807) is 13.2 Å². The number of aromatic nitrogens is 3. The molecule has 0 saturated heterocycles. The zero-order valence-electron chi connectivity index (χ0n) is 16.6. The highest BCUT2D eigenvalue weighted by atomic mass is 16.5. The van der Waals surface area contributed by atoms with Gasteiger partial charge in [-0.15, -0.1) is 0 Å². The van der Waals surface area contributed by atoms with Gasteiger partial charge in [0.25, 0.3) is 5.56 Å². The highest BCUT2D eigenvalue weighted by Gasteiger charge is 2.08. The Hall–Kier alpha value is -3.87. The molecule has 152 valence electrons. The molecule has 0 unspecified atom stereocenters. The Bertz CT molecular complexity index is 1230. The van der Waals surface area contributed by atoms with Crippen molar-refractivity contribution in [3.05, 3.63) is 83.3 Å². The molecule has 0 aliphatic heterocycles. The van der Waals surface area contributed by atoms with Gasteiger partial charge in [0.2, 0.25) is 5.91 Å². The van der Waals surface area contributed by atoms with Crippen LogP contribution in [0.25, 0.3) is 22.2 Å². The molecule has 2 aromatic carbocycles. The third-order valence-electron chi connectivity index (χ3n) is 4.90. The summed E-state index contributed by atoms with van der Waals surface area (Å²) in [5.74, 6) is 0.481. The summed E-state index contributed by atoms with van der Waals surface area (Å²) in [7, 11) is 1.60. The van der Waals surface area contributed by atoms with Crippen molar-refractivity contribution in [2.45, 2.75) is 13.1 Å². The molecule has 0 fully saturated rings. The van der Waals surface area contributed by atoms with Gasteiger partial charge in [-0.1, -0.05) is 18.2 Å². The van der Waals surface area contributed by atoms with E-state index in [0.717, 1.165) is 22.2 Å². The van der Waals surface area contributed by atoms with Gasteiger partial charge in [-0.2, -0.15) is 5.10 Å². The third-order valence-corrected chi connectivity index (χ3v) is 4.90. The van der Waals surface area contributed by atoms with E-state index < -0.39 is 0 Å². The first-order valence-electron chi connectivity index (χ1n) is 9.67. The SMILES string of the molecule is COc1ccc(-c2ccc(=O)n(CC(=O)NCCn3ccc4ccccc43)n2)cc1. The number of methoxy groups -OCH3 is 1. The van der Waals surface area contributed by atoms with Crippen LogP contribution < -0.4 is 15.6 Å². The number of rotatable bonds is 7. The van der Waals surface area contributed by atoms with E-state index in [1.807, 2.05) is 54.7 Å². The molecular weight excluding hydrogens is 380 g/mol. The van der Waals surface area contributed by atoms with Gasteiger partial charge in [-0.25, -0.2) is 4.68 Å². The molecule has 0 atom stereocenters. The number of ether oxygens (including phenoxy) is 1. The van der Waals surface area contributed by atoms with Gasteiger partial charge < -0.3 is 14.6 Å². The molecular formula is C23H22N4O3. The number of nitrogens with zero attached hydrogens (tertiary/aromatic N) is 3. The summed E-state index contributed by atoms with van der Waals surface area (Å²) in [6, 6.07) is 20.6. The first kappa shape index (κ1) is 19.4. The van der Waals surface area contributed by atoms with Crippen LogP contribution in [0.15, 0.2) is 77.7 Å². The Balaban J connectivity index is 1.39. The maximum Gasteiger partial charge on any atom is 0.267 e. The van der Waals surface area contributed by atoms with Crippen LogP contribution in [0, 0.1) is 0 Å². The van der Waals surface area contributed by atoms with E-state index in [9.17, 15) is 9.59 Å². The highest BCUT2D eigenvalue weighted by molar-refractivity contribution is 5.80. The second-order valence-electron chi connectivity index (χ2n) is 6.86. The summed E-state index contributed by atoms with van der Waals surface area (Å²) in [4.78, 5) is 24.5. The average Bonchev–Trinajstić information content (AvgIpc) is 3.18. The lowest BCUT2D eigenvalue weighted by molar-refractivity contribution is -0.121. The second-order valence-corrected chi connectivity index (χ2v) is 6.86. The smallest absolute Gasteiger partial charge is 0.267 e. The summed E-state index contributed by atoms with van der Waals surface area (Å²) in [5, 5.41) is 8.36. The van der Waals surface area contributed by atoms with E-state index in [2.05, 4.69) is 21.0 Å². The van der Waals surface area contributed by atoms with E-state index in [1.165, 1.54) is 10.7 Å². The summed E-state index contributed by atoms with van der Waals surface area (Å²) in [6.07, 6.45) is 2.00. The number of nitrogens with one attached hydrogen (secondary N) is 1. The van der Waals surface area contributed by atoms with Gasteiger partial charge in [0, 0.05) is 36.4 Å². The maximum absolute atomic E-state index is 12.4. The van der Waals surface area contributed by atoms with Crippen LogP contribution in [-0.4, -0.2) is 33.9 Å². The van der Waals surface area contributed by atoms with Crippen LogP contribution in [0.1, 0.15) is 0 Å². The van der Waals surface area contributed by atoms with E-state index in [0.29, 0.717) is 18.8 Å². The van der Waals surface area contributed by atoms with E-state index >= 15 is 0 Å². The van der Waals surface area contributed by atoms with Gasteiger partial charge in [-0.3, -0.25) is 9.59 Å². The lowest BCUT2D eigenvalue weighted by Gasteiger charge is -2.10. The minimum atomic E-state index is -0.321. The minimum Gasteiger partial charge on any atom is -0.497 e. The standard InChI is InChI=1S/C23H22N4O3/c1-30-19-8-6-17(7-9-19)20-10-11-23(29)27(25-20)16-22(28)24-13-15-26-14-12-18-4-2-3-5-21(18)26/h2-12,14H,13,15-16H2,1H3,(H,24,28). The van der Waals surface area contributed by atoms with E-state index in [-0.39, 0.29) is 18.0 Å². The molecule has 1 N–H and O–H groups in total. The largest absolute Gasteiger partial charge is 0.497 e. The molecule has 0 aliphatic rings. The number of para-hydroxylation sites is 1. The van der Waals surface area contributed by atoms with Gasteiger partial charge in [0.05, 0.1) is 12.8 Å². The topological polar surface area (TPSA) is 78.1 Å². The zero-order valence-corrected chi connectivity index (χ0v) is 16.6. The zero-order chi connectivity index (χ0) is 20.9. The van der Waals surface area contributed by atoms with Crippen molar-refractivity contribution in [1.82, 2.24) is 19.7 Å². The molecule has 7 heteroatoms. The van der Waals surface area contributed by atoms with Crippen LogP contribution in [0.4, 0.5) is 0 Å². The van der Waals surface area contributed by atoms with Crippen molar-refractivity contribution in [2.24, 2.45) is 0 Å². The van der Waals surface area contributed by atoms with Crippen LogP contribution >= 0.6 is 0 Å². The molecule has 4 aromatic rings. The molecule has 7 nitrogen and oxygen atoms in total. The Morgan fingerprint density at radius 2 is 1.83 bits per heavy atom. The fourth-order valence-electron chi connectivity index (χ4n) is 3.32. The second kappa shape index (κ2) is 8.65. The number of fused-ring (bicyclic) bond motifs is 1. The third kappa shape index (κ3) is 4.25. The first-order chi connectivity index (χ1) is 14.6. The highest BCUT2D eigenvalue weighted by Crippen LogP contribution is 2.19. The predicted molar refractivity (Wildman–Crippen MR) is 115 cm³/mol. The summed E-state index contributed by atoms with van der Waals surface area (Å²) < 4.78 is 8.43. The van der Waals surface area contributed by atoms with Gasteiger partial charge >= 0.3 is 0 Å². The fourth-order valence-corrected chi connectivity index (χ4v) is 3.32. The van der Waals surface area contributed by atoms with Crippen molar-refractivity contribution < 1.29 is 9.53 Å². The normalized spacial score (nSPS) is 10.8. The number of carbonyl (C=O) groups is 1. The van der Waals surface area contributed by atoms with Crippen molar-refractivity contribution >= 4 is 16.8 Å². The van der Waals surface area contributed by atoms with Gasteiger partial charge in [-0.05, 0) is 47.9 Å². The van der Waals surface area contributed by atoms with Crippen molar-refractivity contribution in [3.63, 3.8) is 0 Å². The predicted octanol–water partition coefficient (Wildman–Crippen LogP) is 2.69. The lowest BCUT2D eigenvalue weighted by Crippen LogP contribution is -2.35. The molecule has 0 bridgehead atoms. The number of hydrogen-bond donors (Lipinski definition) is 1. The summed E-state index contributed by atoms with van der Waals surface area (Å²) in [5.41, 5.74) is 2.25. The van der Waals surface area contributed by atoms with Gasteiger partial charge in [0.15, 0.2) is 0 Å². The maximum atomic E-state index is 12.4. The molecule has 0 radical (unpaired) electrons. The molecule has 0 spiro atoms. The molecule has 1 amide bonds. The monoisotopic (exact) mass is 402 g/mol. The number of amides is 1. The lowest BCUT2D eigenvalue weighted by atomic mass is 10.1. The Morgan fingerprint density at radius 3 is 2.63 bits per heavy atom. The quantitative estimate of drug-likeness (QED) is 0.516. The number of hydrogen-bond acceptors (Lipinski definition) is 4. The van der Waals surface area contributed by atoms with Crippen LogP contribution in [0.3, 0.4) is 0 Å². The Morgan fingerprint density at radius 1 is 1.03 bits per heavy atom. The van der Waals surface area contributed by atoms with Crippen LogP contribution in [0.5, 0.6) is 5.75 Å². The van der Waals surface area contributed by atoms with Gasteiger partial charge in [0.1, 0.15) is 12.3 Å². The molecule has 30 heavy (non-hydrogen) atoms. The molecule has 0 aliphatic carbocycles. The summed E-state index contributed by atoms with van der Waals surface area (Å²) >= 11 is 0. The molecule has 2 aromatic heterocycles. The first-order valence-corrected chi connectivity index (χ1v) is 9.67. The van der Waals surface area contributed by atoms with E-state index in [4.69, 9.17) is 4.74 Å². The Kier molecular flexibility index (Phi) is 5.61. The fraction of sp³-hybridized carbons (Fsp3) is 0.174. The summed E-state index contributed by atoms with van der Waals surface area (Å²) in [6.45, 7) is 0.979. The van der Waals surface area contributed by atoms with Crippen molar-refractivity contribution in [1.29, 1.82) is 0 Å². The molecule has 2 heterocycles. The minimum absolute atomic E-state index is 0.130. The average molecular weight is 402 g/mol. The van der Waals surface area contributed by atoms with Crippen LogP contribution in [-0.2, 0) is 17.9 Å². The number of carbonyl (C=O) groups excluding carboxylic acids is 1. The van der Waals surface area contributed by atoms with Crippen molar-refractivity contribution in [2.75, 3.05) is 13.7 Å². The molecule has 0 saturated carbocycles. The Labute approximate surface area is 173 Å². The van der Waals surface area contributed by atoms with Crippen LogP contribution in [0.2, 0.25) is 0 Å².